The molecule has 0 saturated heterocycles. The van der Waals surface area contributed by atoms with E-state index in [1.54, 1.807) is 43.3 Å². The van der Waals surface area contributed by atoms with Crippen molar-refractivity contribution in [1.29, 1.82) is 0 Å². The van der Waals surface area contributed by atoms with Gasteiger partial charge in [0, 0.05) is 0 Å². The maximum absolute atomic E-state index is 12.1. The number of benzene rings is 2. The van der Waals surface area contributed by atoms with Gasteiger partial charge in [0.15, 0.2) is 0 Å². The molecule has 0 atom stereocenters. The highest BCUT2D eigenvalue weighted by Gasteiger charge is 2.18. The highest BCUT2D eigenvalue weighted by molar-refractivity contribution is 6.32. The van der Waals surface area contributed by atoms with E-state index < -0.39 is 11.9 Å². The van der Waals surface area contributed by atoms with Gasteiger partial charge in [-0.25, -0.2) is 9.59 Å². The van der Waals surface area contributed by atoms with Gasteiger partial charge in [-0.2, -0.15) is 0 Å². The Bertz CT molecular complexity index is 714. The second-order valence-electron chi connectivity index (χ2n) is 4.68. The van der Waals surface area contributed by atoms with Gasteiger partial charge in [0.2, 0.25) is 0 Å². The van der Waals surface area contributed by atoms with Gasteiger partial charge in [0.25, 0.3) is 0 Å². The zero-order valence-corrected chi connectivity index (χ0v) is 13.9. The fourth-order valence-corrected chi connectivity index (χ4v) is 2.16. The molecule has 0 saturated carbocycles. The van der Waals surface area contributed by atoms with E-state index in [0.29, 0.717) is 10.8 Å². The van der Waals surface area contributed by atoms with Gasteiger partial charge in [-0.15, -0.1) is 0 Å². The van der Waals surface area contributed by atoms with Gasteiger partial charge in [-0.3, -0.25) is 0 Å². The fraction of sp³-hybridized carbons (Fsp3) is 0.222. The zero-order valence-electron chi connectivity index (χ0n) is 13.2. The first-order valence-corrected chi connectivity index (χ1v) is 7.82. The Balaban J connectivity index is 1.91. The Morgan fingerprint density at radius 1 is 0.875 bits per heavy atom. The molecule has 0 bridgehead atoms. The maximum atomic E-state index is 12.1. The largest absolute Gasteiger partial charge is 0.488 e. The molecular weight excluding hydrogens is 332 g/mol. The predicted octanol–water partition coefficient (Wildman–Crippen LogP) is 3.75. The summed E-state index contributed by atoms with van der Waals surface area (Å²) in [5, 5.41) is 0.483. The van der Waals surface area contributed by atoms with Gasteiger partial charge in [0.05, 0.1) is 22.8 Å². The van der Waals surface area contributed by atoms with E-state index in [2.05, 4.69) is 0 Å². The van der Waals surface area contributed by atoms with Crippen LogP contribution < -0.4 is 4.74 Å². The number of para-hydroxylation sites is 1. The number of hydrogen-bond acceptors (Lipinski definition) is 5. The summed E-state index contributed by atoms with van der Waals surface area (Å²) < 4.78 is 15.5. The standard InChI is InChI=1S/C18H17ClO5/c1-2-22-17(20)13-7-3-4-8-14(13)18(21)24-12-11-23-16-10-6-5-9-15(16)19/h3-10H,2,11-12H2,1H3. The molecule has 0 radical (unpaired) electrons. The van der Waals surface area contributed by atoms with E-state index >= 15 is 0 Å². The minimum atomic E-state index is -0.610. The van der Waals surface area contributed by atoms with Crippen LogP contribution in [0.15, 0.2) is 48.5 Å². The van der Waals surface area contributed by atoms with E-state index in [0.717, 1.165) is 0 Å². The minimum absolute atomic E-state index is 0.0290. The molecule has 0 fully saturated rings. The molecular formula is C18H17ClO5. The maximum Gasteiger partial charge on any atom is 0.339 e. The number of esters is 2. The van der Waals surface area contributed by atoms with Crippen LogP contribution in [0.1, 0.15) is 27.6 Å². The van der Waals surface area contributed by atoms with Crippen LogP contribution >= 0.6 is 11.6 Å². The first-order valence-electron chi connectivity index (χ1n) is 7.44. The van der Waals surface area contributed by atoms with E-state index in [4.69, 9.17) is 25.8 Å². The monoisotopic (exact) mass is 348 g/mol. The van der Waals surface area contributed by atoms with Crippen LogP contribution in [0, 0.1) is 0 Å². The molecule has 126 valence electrons. The van der Waals surface area contributed by atoms with E-state index in [1.807, 2.05) is 0 Å². The van der Waals surface area contributed by atoms with Crippen LogP contribution in [0.2, 0.25) is 5.02 Å². The second kappa shape index (κ2) is 8.93. The Labute approximate surface area is 145 Å². The average molecular weight is 349 g/mol. The van der Waals surface area contributed by atoms with Gasteiger partial charge in [-0.1, -0.05) is 35.9 Å². The topological polar surface area (TPSA) is 61.8 Å². The highest BCUT2D eigenvalue weighted by atomic mass is 35.5. The molecule has 2 rings (SSSR count). The summed E-state index contributed by atoms with van der Waals surface area (Å²) in [5.41, 5.74) is 0.338. The molecule has 6 heteroatoms. The summed E-state index contributed by atoms with van der Waals surface area (Å²) >= 11 is 5.96. The van der Waals surface area contributed by atoms with Gasteiger partial charge in [-0.05, 0) is 31.2 Å². The molecule has 2 aromatic carbocycles. The molecule has 0 spiro atoms. The lowest BCUT2D eigenvalue weighted by Gasteiger charge is -2.10. The molecule has 0 aliphatic heterocycles. The van der Waals surface area contributed by atoms with E-state index in [-0.39, 0.29) is 30.9 Å². The smallest absolute Gasteiger partial charge is 0.339 e. The Kier molecular flexibility index (Phi) is 6.63. The summed E-state index contributed by atoms with van der Waals surface area (Å²) in [6, 6.07) is 13.4. The van der Waals surface area contributed by atoms with Crippen LogP contribution in [0.5, 0.6) is 5.75 Å². The molecule has 2 aromatic rings. The third kappa shape index (κ3) is 4.73. The number of halogens is 1. The highest BCUT2D eigenvalue weighted by Crippen LogP contribution is 2.22. The van der Waals surface area contributed by atoms with Crippen LogP contribution in [-0.4, -0.2) is 31.8 Å². The van der Waals surface area contributed by atoms with Crippen molar-refractivity contribution in [2.75, 3.05) is 19.8 Å². The Hall–Kier alpha value is -2.53. The SMILES string of the molecule is CCOC(=O)c1ccccc1C(=O)OCCOc1ccccc1Cl. The van der Waals surface area contributed by atoms with Crippen molar-refractivity contribution in [3.63, 3.8) is 0 Å². The zero-order chi connectivity index (χ0) is 17.4. The fourth-order valence-electron chi connectivity index (χ4n) is 1.97. The van der Waals surface area contributed by atoms with Gasteiger partial charge < -0.3 is 14.2 Å². The molecule has 0 aliphatic carbocycles. The molecule has 5 nitrogen and oxygen atoms in total. The third-order valence-corrected chi connectivity index (χ3v) is 3.37. The number of carbonyl (C=O) groups is 2. The van der Waals surface area contributed by atoms with Crippen LogP contribution in [-0.2, 0) is 9.47 Å². The number of ether oxygens (including phenoxy) is 3. The number of hydrogen-bond donors (Lipinski definition) is 0. The van der Waals surface area contributed by atoms with Crippen molar-refractivity contribution in [2.24, 2.45) is 0 Å². The summed E-state index contributed by atoms with van der Waals surface area (Å²) in [5.74, 6) is -0.652. The van der Waals surface area contributed by atoms with Crippen LogP contribution in [0.25, 0.3) is 0 Å². The second-order valence-corrected chi connectivity index (χ2v) is 5.09. The summed E-state index contributed by atoms with van der Waals surface area (Å²) in [6.07, 6.45) is 0. The molecule has 0 N–H and O–H groups in total. The van der Waals surface area contributed by atoms with Gasteiger partial charge >= 0.3 is 11.9 Å². The van der Waals surface area contributed by atoms with Crippen molar-refractivity contribution in [3.8, 4) is 5.75 Å². The first kappa shape index (κ1) is 17.8. The molecule has 0 heterocycles. The first-order chi connectivity index (χ1) is 11.6. The summed E-state index contributed by atoms with van der Waals surface area (Å²) in [4.78, 5) is 24.0. The number of rotatable bonds is 7. The van der Waals surface area contributed by atoms with Crippen molar-refractivity contribution in [3.05, 3.63) is 64.7 Å². The Morgan fingerprint density at radius 3 is 2.08 bits per heavy atom. The molecule has 0 unspecified atom stereocenters. The quantitative estimate of drug-likeness (QED) is 0.563. The normalized spacial score (nSPS) is 10.1. The molecule has 0 amide bonds. The lowest BCUT2D eigenvalue weighted by atomic mass is 10.1. The summed E-state index contributed by atoms with van der Waals surface area (Å²) in [6.45, 7) is 2.11. The van der Waals surface area contributed by atoms with E-state index in [1.165, 1.54) is 12.1 Å². The van der Waals surface area contributed by atoms with Gasteiger partial charge in [0.1, 0.15) is 19.0 Å². The van der Waals surface area contributed by atoms with Crippen molar-refractivity contribution < 1.29 is 23.8 Å². The molecule has 24 heavy (non-hydrogen) atoms. The van der Waals surface area contributed by atoms with Crippen molar-refractivity contribution in [2.45, 2.75) is 6.92 Å². The third-order valence-electron chi connectivity index (χ3n) is 3.05. The van der Waals surface area contributed by atoms with Crippen molar-refractivity contribution >= 4 is 23.5 Å². The summed E-state index contributed by atoms with van der Waals surface area (Å²) in [7, 11) is 0. The average Bonchev–Trinajstić information content (AvgIpc) is 2.60. The molecule has 0 aliphatic rings. The molecule has 0 aromatic heterocycles. The minimum Gasteiger partial charge on any atom is -0.488 e. The lowest BCUT2D eigenvalue weighted by molar-refractivity contribution is 0.0428. The predicted molar refractivity (Wildman–Crippen MR) is 89.6 cm³/mol. The van der Waals surface area contributed by atoms with Crippen LogP contribution in [0.4, 0.5) is 0 Å². The van der Waals surface area contributed by atoms with Crippen molar-refractivity contribution in [1.82, 2.24) is 0 Å². The van der Waals surface area contributed by atoms with E-state index in [9.17, 15) is 9.59 Å². The van der Waals surface area contributed by atoms with Crippen LogP contribution in [0.3, 0.4) is 0 Å². The Morgan fingerprint density at radius 2 is 1.46 bits per heavy atom. The number of carbonyl (C=O) groups excluding carboxylic acids is 2. The lowest BCUT2D eigenvalue weighted by Crippen LogP contribution is -2.16.